The molecule has 3 heterocycles. The van der Waals surface area contributed by atoms with Crippen LogP contribution in [-0.4, -0.2) is 35.9 Å². The van der Waals surface area contributed by atoms with Crippen LogP contribution in [0.3, 0.4) is 0 Å². The summed E-state index contributed by atoms with van der Waals surface area (Å²) in [5, 5.41) is 2.95. The molecule has 25 heavy (non-hydrogen) atoms. The second-order valence-electron chi connectivity index (χ2n) is 6.40. The summed E-state index contributed by atoms with van der Waals surface area (Å²) in [5.74, 6) is 0.769. The number of anilines is 1. The number of piperidine rings is 1. The molecule has 0 saturated carbocycles. The standard InChI is InChI=1S/C19H20N2O4/c22-18(20-14-6-7-16-13(12-14)8-11-25-16)15-4-1-2-9-21(15)19(23)17-5-3-10-24-17/h3,5-7,10,12,15H,1-2,4,8-9,11H2,(H,20,22)/t15-/m0/s1. The van der Waals surface area contributed by atoms with Crippen LogP contribution in [0, 0.1) is 0 Å². The van der Waals surface area contributed by atoms with Crippen molar-refractivity contribution in [2.24, 2.45) is 0 Å². The van der Waals surface area contributed by atoms with Crippen molar-refractivity contribution in [2.75, 3.05) is 18.5 Å². The second kappa shape index (κ2) is 6.63. The summed E-state index contributed by atoms with van der Waals surface area (Å²) in [6.07, 6.45) is 4.81. The third kappa shape index (κ3) is 3.12. The number of rotatable bonds is 3. The largest absolute Gasteiger partial charge is 0.493 e. The van der Waals surface area contributed by atoms with Crippen LogP contribution in [0.1, 0.15) is 35.4 Å². The predicted molar refractivity (Wildman–Crippen MR) is 91.7 cm³/mol. The number of furan rings is 1. The van der Waals surface area contributed by atoms with E-state index in [1.807, 2.05) is 18.2 Å². The molecule has 6 heteroatoms. The molecule has 0 unspecified atom stereocenters. The molecule has 0 bridgehead atoms. The zero-order chi connectivity index (χ0) is 17.2. The van der Waals surface area contributed by atoms with Gasteiger partial charge in [-0.1, -0.05) is 0 Å². The van der Waals surface area contributed by atoms with Gasteiger partial charge in [0.1, 0.15) is 11.8 Å². The highest BCUT2D eigenvalue weighted by Crippen LogP contribution is 2.28. The maximum Gasteiger partial charge on any atom is 0.290 e. The Hall–Kier alpha value is -2.76. The number of likely N-dealkylation sites (tertiary alicyclic amines) is 1. The minimum atomic E-state index is -0.476. The van der Waals surface area contributed by atoms with E-state index in [9.17, 15) is 9.59 Å². The highest BCUT2D eigenvalue weighted by molar-refractivity contribution is 6.00. The van der Waals surface area contributed by atoms with E-state index in [4.69, 9.17) is 9.15 Å². The molecule has 1 aromatic carbocycles. The first-order valence-electron chi connectivity index (χ1n) is 8.63. The summed E-state index contributed by atoms with van der Waals surface area (Å²) in [6, 6.07) is 8.50. The number of nitrogens with zero attached hydrogens (tertiary/aromatic N) is 1. The molecule has 0 aliphatic carbocycles. The van der Waals surface area contributed by atoms with E-state index in [2.05, 4.69) is 5.32 Å². The fourth-order valence-electron chi connectivity index (χ4n) is 3.48. The maximum atomic E-state index is 12.8. The number of carbonyl (C=O) groups is 2. The molecular weight excluding hydrogens is 320 g/mol. The van der Waals surface area contributed by atoms with Crippen LogP contribution >= 0.6 is 0 Å². The van der Waals surface area contributed by atoms with Crippen molar-refractivity contribution in [3.63, 3.8) is 0 Å². The number of amides is 2. The van der Waals surface area contributed by atoms with Crippen molar-refractivity contribution in [3.05, 3.63) is 47.9 Å². The first-order chi connectivity index (χ1) is 12.2. The number of carbonyl (C=O) groups excluding carboxylic acids is 2. The summed E-state index contributed by atoms with van der Waals surface area (Å²) in [5.41, 5.74) is 1.84. The quantitative estimate of drug-likeness (QED) is 0.932. The van der Waals surface area contributed by atoms with Gasteiger partial charge in [-0.15, -0.1) is 0 Å². The van der Waals surface area contributed by atoms with Crippen molar-refractivity contribution in [3.8, 4) is 5.75 Å². The van der Waals surface area contributed by atoms with Crippen LogP contribution in [0.4, 0.5) is 5.69 Å². The molecule has 1 fully saturated rings. The Morgan fingerprint density at radius 1 is 1.20 bits per heavy atom. The van der Waals surface area contributed by atoms with Crippen LogP contribution < -0.4 is 10.1 Å². The van der Waals surface area contributed by atoms with Gasteiger partial charge in [0.25, 0.3) is 5.91 Å². The fourth-order valence-corrected chi connectivity index (χ4v) is 3.48. The van der Waals surface area contributed by atoms with E-state index < -0.39 is 6.04 Å². The molecule has 2 aromatic rings. The number of hydrogen-bond acceptors (Lipinski definition) is 4. The van der Waals surface area contributed by atoms with Gasteiger partial charge in [-0.3, -0.25) is 9.59 Å². The maximum absolute atomic E-state index is 12.8. The van der Waals surface area contributed by atoms with Crippen molar-refractivity contribution in [1.29, 1.82) is 0 Å². The molecule has 6 nitrogen and oxygen atoms in total. The van der Waals surface area contributed by atoms with E-state index >= 15 is 0 Å². The summed E-state index contributed by atoms with van der Waals surface area (Å²) in [7, 11) is 0. The predicted octanol–water partition coefficient (Wildman–Crippen LogP) is 2.85. The number of hydrogen-bond donors (Lipinski definition) is 1. The Kier molecular flexibility index (Phi) is 4.17. The Labute approximate surface area is 145 Å². The summed E-state index contributed by atoms with van der Waals surface area (Å²) < 4.78 is 10.7. The van der Waals surface area contributed by atoms with Crippen molar-refractivity contribution in [1.82, 2.24) is 4.90 Å². The Bertz CT molecular complexity index is 785. The molecule has 4 rings (SSSR count). The van der Waals surface area contributed by atoms with Crippen molar-refractivity contribution in [2.45, 2.75) is 31.7 Å². The summed E-state index contributed by atoms with van der Waals surface area (Å²) in [4.78, 5) is 27.0. The third-order valence-corrected chi connectivity index (χ3v) is 4.76. The SMILES string of the molecule is O=C(Nc1ccc2c(c1)CCO2)[C@@H]1CCCCN1C(=O)c1ccco1. The molecular formula is C19H20N2O4. The zero-order valence-electron chi connectivity index (χ0n) is 13.9. The van der Waals surface area contributed by atoms with Crippen LogP contribution in [0.25, 0.3) is 0 Å². The van der Waals surface area contributed by atoms with Crippen LogP contribution in [0.5, 0.6) is 5.75 Å². The Balaban J connectivity index is 1.50. The summed E-state index contributed by atoms with van der Waals surface area (Å²) >= 11 is 0. The van der Waals surface area contributed by atoms with Gasteiger partial charge in [-0.25, -0.2) is 0 Å². The molecule has 2 aliphatic rings. The molecule has 2 amide bonds. The topological polar surface area (TPSA) is 71.8 Å². The smallest absolute Gasteiger partial charge is 0.290 e. The van der Waals surface area contributed by atoms with Gasteiger partial charge in [0.05, 0.1) is 12.9 Å². The lowest BCUT2D eigenvalue weighted by Crippen LogP contribution is -2.49. The van der Waals surface area contributed by atoms with E-state index in [1.165, 1.54) is 6.26 Å². The van der Waals surface area contributed by atoms with Crippen LogP contribution in [0.15, 0.2) is 41.0 Å². The molecule has 1 atom stereocenters. The first kappa shape index (κ1) is 15.7. The highest BCUT2D eigenvalue weighted by Gasteiger charge is 2.33. The van der Waals surface area contributed by atoms with Gasteiger partial charge >= 0.3 is 0 Å². The van der Waals surface area contributed by atoms with Crippen molar-refractivity contribution < 1.29 is 18.7 Å². The Morgan fingerprint density at radius 3 is 2.96 bits per heavy atom. The molecule has 130 valence electrons. The van der Waals surface area contributed by atoms with Gasteiger partial charge in [-0.05, 0) is 55.2 Å². The normalized spacial score (nSPS) is 19.2. The average molecular weight is 340 g/mol. The number of benzene rings is 1. The van der Waals surface area contributed by atoms with Gasteiger partial charge in [-0.2, -0.15) is 0 Å². The molecule has 1 N–H and O–H groups in total. The van der Waals surface area contributed by atoms with E-state index in [-0.39, 0.29) is 17.6 Å². The molecule has 2 aliphatic heterocycles. The fraction of sp³-hybridized carbons (Fsp3) is 0.368. The first-order valence-corrected chi connectivity index (χ1v) is 8.63. The lowest BCUT2D eigenvalue weighted by atomic mass is 10.0. The summed E-state index contributed by atoms with van der Waals surface area (Å²) in [6.45, 7) is 1.25. The van der Waals surface area contributed by atoms with Gasteiger partial charge in [0, 0.05) is 18.7 Å². The number of fused-ring (bicyclic) bond motifs is 1. The lowest BCUT2D eigenvalue weighted by Gasteiger charge is -2.34. The van der Waals surface area contributed by atoms with Gasteiger partial charge < -0.3 is 19.4 Å². The molecule has 0 radical (unpaired) electrons. The molecule has 1 aromatic heterocycles. The minimum absolute atomic E-state index is 0.154. The van der Waals surface area contributed by atoms with E-state index in [0.29, 0.717) is 19.6 Å². The van der Waals surface area contributed by atoms with E-state index in [0.717, 1.165) is 36.3 Å². The third-order valence-electron chi connectivity index (χ3n) is 4.76. The average Bonchev–Trinajstić information content (AvgIpc) is 3.32. The van der Waals surface area contributed by atoms with Gasteiger partial charge in [0.15, 0.2) is 5.76 Å². The van der Waals surface area contributed by atoms with Gasteiger partial charge in [0.2, 0.25) is 5.91 Å². The van der Waals surface area contributed by atoms with Crippen LogP contribution in [-0.2, 0) is 11.2 Å². The number of ether oxygens (including phenoxy) is 1. The zero-order valence-corrected chi connectivity index (χ0v) is 13.9. The highest BCUT2D eigenvalue weighted by atomic mass is 16.5. The second-order valence-corrected chi connectivity index (χ2v) is 6.40. The van der Waals surface area contributed by atoms with Crippen molar-refractivity contribution >= 4 is 17.5 Å². The molecule has 1 saturated heterocycles. The number of nitrogens with one attached hydrogen (secondary N) is 1. The van der Waals surface area contributed by atoms with Crippen LogP contribution in [0.2, 0.25) is 0 Å². The monoisotopic (exact) mass is 340 g/mol. The Morgan fingerprint density at radius 2 is 2.12 bits per heavy atom. The molecule has 0 spiro atoms. The minimum Gasteiger partial charge on any atom is -0.493 e. The lowest BCUT2D eigenvalue weighted by molar-refractivity contribution is -0.121. The van der Waals surface area contributed by atoms with E-state index in [1.54, 1.807) is 17.0 Å².